The first-order valence-electron chi connectivity index (χ1n) is 9.99. The van der Waals surface area contributed by atoms with Gasteiger partial charge >= 0.3 is 0 Å². The molecule has 3 rings (SSSR count). The molecule has 0 aliphatic rings. The van der Waals surface area contributed by atoms with Crippen molar-refractivity contribution in [2.45, 2.75) is 19.8 Å². The van der Waals surface area contributed by atoms with E-state index in [4.69, 9.17) is 4.74 Å². The molecule has 6 heteroatoms. The third-order valence-electron chi connectivity index (χ3n) is 4.57. The van der Waals surface area contributed by atoms with Crippen LogP contribution in [0.3, 0.4) is 0 Å². The van der Waals surface area contributed by atoms with Crippen molar-refractivity contribution >= 4 is 5.96 Å². The minimum Gasteiger partial charge on any atom is -0.492 e. The lowest BCUT2D eigenvalue weighted by Gasteiger charge is -2.12. The van der Waals surface area contributed by atoms with Crippen LogP contribution in [0.2, 0.25) is 0 Å². The Morgan fingerprint density at radius 2 is 1.69 bits per heavy atom. The maximum atomic E-state index is 5.68. The van der Waals surface area contributed by atoms with Crippen LogP contribution < -0.4 is 15.4 Å². The van der Waals surface area contributed by atoms with E-state index >= 15 is 0 Å². The van der Waals surface area contributed by atoms with E-state index in [0.717, 1.165) is 42.5 Å². The van der Waals surface area contributed by atoms with Gasteiger partial charge in [-0.05, 0) is 49.6 Å². The van der Waals surface area contributed by atoms with Gasteiger partial charge in [0.2, 0.25) is 0 Å². The molecule has 152 valence electrons. The number of hydrogen-bond donors (Lipinski definition) is 2. The number of ether oxygens (including phenoxy) is 1. The molecular weight excluding hydrogens is 362 g/mol. The van der Waals surface area contributed by atoms with E-state index in [1.165, 1.54) is 5.56 Å². The van der Waals surface area contributed by atoms with Gasteiger partial charge in [-0.1, -0.05) is 36.4 Å². The lowest BCUT2D eigenvalue weighted by Crippen LogP contribution is -2.39. The maximum Gasteiger partial charge on any atom is 0.191 e. The summed E-state index contributed by atoms with van der Waals surface area (Å²) in [5.74, 6) is 1.67. The SMILES string of the molecule is CN=C(NCCCc1cn(-c2ccccc2)nc1C)NCCOc1ccccc1. The second kappa shape index (κ2) is 10.9. The Morgan fingerprint density at radius 1 is 1.00 bits per heavy atom. The fourth-order valence-corrected chi connectivity index (χ4v) is 3.02. The summed E-state index contributed by atoms with van der Waals surface area (Å²) in [4.78, 5) is 4.26. The summed E-state index contributed by atoms with van der Waals surface area (Å²) < 4.78 is 7.63. The predicted octanol–water partition coefficient (Wildman–Crippen LogP) is 3.36. The molecule has 0 saturated carbocycles. The van der Waals surface area contributed by atoms with Gasteiger partial charge in [0.25, 0.3) is 0 Å². The zero-order chi connectivity index (χ0) is 20.3. The highest BCUT2D eigenvalue weighted by molar-refractivity contribution is 5.79. The third kappa shape index (κ3) is 6.38. The Labute approximate surface area is 172 Å². The zero-order valence-corrected chi connectivity index (χ0v) is 17.1. The summed E-state index contributed by atoms with van der Waals surface area (Å²) in [5, 5.41) is 11.3. The van der Waals surface area contributed by atoms with Crippen molar-refractivity contribution in [2.75, 3.05) is 26.7 Å². The number of aryl methyl sites for hydroxylation is 2. The second-order valence-corrected chi connectivity index (χ2v) is 6.71. The topological polar surface area (TPSA) is 63.5 Å². The molecule has 29 heavy (non-hydrogen) atoms. The lowest BCUT2D eigenvalue weighted by atomic mass is 10.1. The van der Waals surface area contributed by atoms with Crippen LogP contribution in [0.15, 0.2) is 71.9 Å². The van der Waals surface area contributed by atoms with Crippen molar-refractivity contribution in [2.24, 2.45) is 4.99 Å². The summed E-state index contributed by atoms with van der Waals surface area (Å²) in [6, 6.07) is 20.0. The number of nitrogens with zero attached hydrogens (tertiary/aromatic N) is 3. The Balaban J connectivity index is 1.36. The molecule has 0 fully saturated rings. The van der Waals surface area contributed by atoms with Crippen LogP contribution in [0.25, 0.3) is 5.69 Å². The highest BCUT2D eigenvalue weighted by Crippen LogP contribution is 2.13. The van der Waals surface area contributed by atoms with E-state index in [-0.39, 0.29) is 0 Å². The van der Waals surface area contributed by atoms with Crippen molar-refractivity contribution in [1.29, 1.82) is 0 Å². The number of nitrogens with one attached hydrogen (secondary N) is 2. The van der Waals surface area contributed by atoms with Crippen LogP contribution in [0.1, 0.15) is 17.7 Å². The molecule has 0 amide bonds. The van der Waals surface area contributed by atoms with Crippen LogP contribution in [0, 0.1) is 6.92 Å². The van der Waals surface area contributed by atoms with E-state index in [1.54, 1.807) is 7.05 Å². The molecule has 0 radical (unpaired) electrons. The Hall–Kier alpha value is -3.28. The zero-order valence-electron chi connectivity index (χ0n) is 17.1. The van der Waals surface area contributed by atoms with E-state index in [1.807, 2.05) is 53.2 Å². The molecule has 0 bridgehead atoms. The first-order chi connectivity index (χ1) is 14.3. The van der Waals surface area contributed by atoms with E-state index < -0.39 is 0 Å². The number of para-hydroxylation sites is 2. The quantitative estimate of drug-likeness (QED) is 0.334. The van der Waals surface area contributed by atoms with Crippen LogP contribution in [0.4, 0.5) is 0 Å². The predicted molar refractivity (Wildman–Crippen MR) is 118 cm³/mol. The molecular formula is C23H29N5O. The fourth-order valence-electron chi connectivity index (χ4n) is 3.02. The van der Waals surface area contributed by atoms with Crippen molar-refractivity contribution in [3.63, 3.8) is 0 Å². The average Bonchev–Trinajstić information content (AvgIpc) is 3.14. The van der Waals surface area contributed by atoms with Crippen molar-refractivity contribution in [3.05, 3.63) is 78.1 Å². The average molecular weight is 392 g/mol. The Morgan fingerprint density at radius 3 is 2.41 bits per heavy atom. The molecule has 2 N–H and O–H groups in total. The van der Waals surface area contributed by atoms with Gasteiger partial charge in [0, 0.05) is 19.8 Å². The summed E-state index contributed by atoms with van der Waals surface area (Å²) >= 11 is 0. The van der Waals surface area contributed by atoms with E-state index in [9.17, 15) is 0 Å². The minimum absolute atomic E-state index is 0.586. The van der Waals surface area contributed by atoms with Crippen LogP contribution in [0.5, 0.6) is 5.75 Å². The maximum absolute atomic E-state index is 5.68. The number of aromatic nitrogens is 2. The second-order valence-electron chi connectivity index (χ2n) is 6.71. The van der Waals surface area contributed by atoms with Gasteiger partial charge in [0.1, 0.15) is 12.4 Å². The Kier molecular flexibility index (Phi) is 7.69. The molecule has 0 saturated heterocycles. The number of rotatable bonds is 9. The van der Waals surface area contributed by atoms with Crippen LogP contribution in [-0.4, -0.2) is 42.5 Å². The number of aliphatic imine (C=N–C) groups is 1. The Bertz CT molecular complexity index is 890. The highest BCUT2D eigenvalue weighted by atomic mass is 16.5. The number of hydrogen-bond acceptors (Lipinski definition) is 3. The smallest absolute Gasteiger partial charge is 0.191 e. The van der Waals surface area contributed by atoms with Gasteiger partial charge in [-0.2, -0.15) is 5.10 Å². The summed E-state index contributed by atoms with van der Waals surface area (Å²) in [6.45, 7) is 4.19. The van der Waals surface area contributed by atoms with Crippen molar-refractivity contribution < 1.29 is 4.74 Å². The van der Waals surface area contributed by atoms with Gasteiger partial charge in [-0.25, -0.2) is 4.68 Å². The molecule has 1 heterocycles. The molecule has 0 spiro atoms. The van der Waals surface area contributed by atoms with Gasteiger partial charge < -0.3 is 15.4 Å². The highest BCUT2D eigenvalue weighted by Gasteiger charge is 2.06. The molecule has 3 aromatic rings. The van der Waals surface area contributed by atoms with Crippen LogP contribution >= 0.6 is 0 Å². The van der Waals surface area contributed by atoms with Crippen LogP contribution in [-0.2, 0) is 6.42 Å². The molecule has 6 nitrogen and oxygen atoms in total. The fraction of sp³-hybridized carbons (Fsp3) is 0.304. The monoisotopic (exact) mass is 391 g/mol. The summed E-state index contributed by atoms with van der Waals surface area (Å²) in [6.07, 6.45) is 4.10. The van der Waals surface area contributed by atoms with E-state index in [0.29, 0.717) is 13.2 Å². The van der Waals surface area contributed by atoms with Crippen molar-refractivity contribution in [1.82, 2.24) is 20.4 Å². The van der Waals surface area contributed by atoms with Gasteiger partial charge in [0.15, 0.2) is 5.96 Å². The standard InChI is InChI=1S/C23H29N5O/c1-19-20(18-28(27-19)21-11-5-3-6-12-21)10-9-15-25-23(24-2)26-16-17-29-22-13-7-4-8-14-22/h3-8,11-14,18H,9-10,15-17H2,1-2H3,(H2,24,25,26). The van der Waals surface area contributed by atoms with Gasteiger partial charge in [0.05, 0.1) is 17.9 Å². The number of benzene rings is 2. The molecule has 1 aromatic heterocycles. The molecule has 0 atom stereocenters. The van der Waals surface area contributed by atoms with Crippen molar-refractivity contribution in [3.8, 4) is 11.4 Å². The molecule has 2 aromatic carbocycles. The molecule has 0 aliphatic heterocycles. The normalized spacial score (nSPS) is 11.3. The molecule has 0 aliphatic carbocycles. The van der Waals surface area contributed by atoms with Gasteiger partial charge in [-0.3, -0.25) is 4.99 Å². The van der Waals surface area contributed by atoms with E-state index in [2.05, 4.69) is 46.0 Å². The molecule has 0 unspecified atom stereocenters. The first kappa shape index (κ1) is 20.5. The lowest BCUT2D eigenvalue weighted by molar-refractivity contribution is 0.322. The largest absolute Gasteiger partial charge is 0.492 e. The summed E-state index contributed by atoms with van der Waals surface area (Å²) in [7, 11) is 1.78. The summed E-state index contributed by atoms with van der Waals surface area (Å²) in [5.41, 5.74) is 3.44. The number of guanidine groups is 1. The minimum atomic E-state index is 0.586. The van der Waals surface area contributed by atoms with Gasteiger partial charge in [-0.15, -0.1) is 0 Å². The first-order valence-corrected chi connectivity index (χ1v) is 9.99. The third-order valence-corrected chi connectivity index (χ3v) is 4.57.